The standard InChI is InChI=1S/C20H28ClN5O.HI/c1-15-8-10-25(13-19(15)26-11-9-23-14-26)20(22-3)24-12-16(2)27-18-6-4-17(21)5-7-18;/h4-7,9,11,14-16,19H,8,10,12-13H2,1-3H3,(H,22,24);1H. The van der Waals surface area contributed by atoms with Gasteiger partial charge in [-0.25, -0.2) is 4.98 Å². The zero-order valence-corrected chi connectivity index (χ0v) is 19.7. The number of piperidine rings is 1. The minimum atomic E-state index is 0. The van der Waals surface area contributed by atoms with Crippen LogP contribution in [-0.2, 0) is 0 Å². The van der Waals surface area contributed by atoms with Gasteiger partial charge in [-0.3, -0.25) is 4.99 Å². The van der Waals surface area contributed by atoms with Gasteiger partial charge in [0.1, 0.15) is 11.9 Å². The van der Waals surface area contributed by atoms with Gasteiger partial charge < -0.3 is 19.5 Å². The monoisotopic (exact) mass is 517 g/mol. The van der Waals surface area contributed by atoms with Crippen molar-refractivity contribution in [2.45, 2.75) is 32.4 Å². The van der Waals surface area contributed by atoms with E-state index in [2.05, 4.69) is 31.7 Å². The van der Waals surface area contributed by atoms with Crippen molar-refractivity contribution in [2.75, 3.05) is 26.7 Å². The van der Waals surface area contributed by atoms with Gasteiger partial charge in [-0.05, 0) is 43.5 Å². The minimum Gasteiger partial charge on any atom is -0.489 e. The molecule has 3 rings (SSSR count). The molecule has 1 aliphatic rings. The molecule has 3 unspecified atom stereocenters. The van der Waals surface area contributed by atoms with Crippen molar-refractivity contribution in [1.82, 2.24) is 19.8 Å². The smallest absolute Gasteiger partial charge is 0.193 e. The number of aromatic nitrogens is 2. The maximum Gasteiger partial charge on any atom is 0.193 e. The molecule has 3 atom stereocenters. The SMILES string of the molecule is CN=C(NCC(C)Oc1ccc(Cl)cc1)N1CCC(C)C(n2ccnc2)C1.I. The molecule has 1 aromatic heterocycles. The molecule has 1 fully saturated rings. The predicted octanol–water partition coefficient (Wildman–Crippen LogP) is 4.08. The van der Waals surface area contributed by atoms with Crippen LogP contribution < -0.4 is 10.1 Å². The Hall–Kier alpha value is -1.48. The fraction of sp³-hybridized carbons (Fsp3) is 0.500. The highest BCUT2D eigenvalue weighted by molar-refractivity contribution is 14.0. The van der Waals surface area contributed by atoms with Gasteiger partial charge in [0.25, 0.3) is 0 Å². The molecule has 8 heteroatoms. The van der Waals surface area contributed by atoms with E-state index in [9.17, 15) is 0 Å². The quantitative estimate of drug-likeness (QED) is 0.369. The minimum absolute atomic E-state index is 0. The third-order valence-electron chi connectivity index (χ3n) is 5.04. The van der Waals surface area contributed by atoms with Crippen LogP contribution in [0.4, 0.5) is 0 Å². The van der Waals surface area contributed by atoms with E-state index in [0.29, 0.717) is 23.5 Å². The molecule has 0 spiro atoms. The number of aliphatic imine (C=N–C) groups is 1. The Labute approximate surface area is 189 Å². The van der Waals surface area contributed by atoms with Crippen molar-refractivity contribution in [1.29, 1.82) is 0 Å². The molecule has 28 heavy (non-hydrogen) atoms. The summed E-state index contributed by atoms with van der Waals surface area (Å²) in [6.07, 6.45) is 6.93. The molecule has 0 amide bonds. The lowest BCUT2D eigenvalue weighted by atomic mass is 9.93. The first-order chi connectivity index (χ1) is 13.1. The number of nitrogens with zero attached hydrogens (tertiary/aromatic N) is 4. The third kappa shape index (κ3) is 6.01. The van der Waals surface area contributed by atoms with Gasteiger partial charge >= 0.3 is 0 Å². The van der Waals surface area contributed by atoms with Crippen LogP contribution in [0.2, 0.25) is 5.02 Å². The number of hydrogen-bond acceptors (Lipinski definition) is 3. The number of guanidine groups is 1. The lowest BCUT2D eigenvalue weighted by Crippen LogP contribution is -2.50. The number of imidazole rings is 1. The van der Waals surface area contributed by atoms with E-state index >= 15 is 0 Å². The number of ether oxygens (including phenoxy) is 1. The molecule has 1 saturated heterocycles. The van der Waals surface area contributed by atoms with E-state index in [-0.39, 0.29) is 30.1 Å². The molecule has 1 N–H and O–H groups in total. The van der Waals surface area contributed by atoms with E-state index in [0.717, 1.165) is 31.2 Å². The molecule has 0 aliphatic carbocycles. The van der Waals surface area contributed by atoms with Gasteiger partial charge in [0.2, 0.25) is 0 Å². The third-order valence-corrected chi connectivity index (χ3v) is 5.29. The maximum absolute atomic E-state index is 5.94. The summed E-state index contributed by atoms with van der Waals surface area (Å²) in [5, 5.41) is 4.16. The average molecular weight is 518 g/mol. The fourth-order valence-corrected chi connectivity index (χ4v) is 3.58. The van der Waals surface area contributed by atoms with Crippen LogP contribution in [0.25, 0.3) is 0 Å². The van der Waals surface area contributed by atoms with E-state index in [4.69, 9.17) is 16.3 Å². The topological polar surface area (TPSA) is 54.7 Å². The van der Waals surface area contributed by atoms with Gasteiger partial charge in [0, 0.05) is 37.6 Å². The van der Waals surface area contributed by atoms with Crippen LogP contribution in [0.1, 0.15) is 26.3 Å². The zero-order chi connectivity index (χ0) is 19.2. The predicted molar refractivity (Wildman–Crippen MR) is 125 cm³/mol. The Balaban J connectivity index is 0.00000280. The molecule has 2 heterocycles. The van der Waals surface area contributed by atoms with Crippen LogP contribution in [-0.4, -0.2) is 53.2 Å². The Kier molecular flexibility index (Phi) is 8.88. The first-order valence-electron chi connectivity index (χ1n) is 9.42. The van der Waals surface area contributed by atoms with Gasteiger partial charge in [0.15, 0.2) is 5.96 Å². The average Bonchev–Trinajstić information content (AvgIpc) is 3.20. The maximum atomic E-state index is 5.94. The number of hydrogen-bond donors (Lipinski definition) is 1. The highest BCUT2D eigenvalue weighted by Gasteiger charge is 2.29. The fourth-order valence-electron chi connectivity index (χ4n) is 3.45. The van der Waals surface area contributed by atoms with Crippen LogP contribution in [0.3, 0.4) is 0 Å². The zero-order valence-electron chi connectivity index (χ0n) is 16.6. The second-order valence-corrected chi connectivity index (χ2v) is 7.54. The molecule has 0 bridgehead atoms. The second-order valence-electron chi connectivity index (χ2n) is 7.10. The van der Waals surface area contributed by atoms with Gasteiger partial charge in [-0.2, -0.15) is 0 Å². The van der Waals surface area contributed by atoms with Crippen molar-refractivity contribution in [3.8, 4) is 5.75 Å². The van der Waals surface area contributed by atoms with Crippen molar-refractivity contribution in [3.63, 3.8) is 0 Å². The first-order valence-corrected chi connectivity index (χ1v) is 9.80. The van der Waals surface area contributed by atoms with Crippen molar-refractivity contribution in [2.24, 2.45) is 10.9 Å². The number of benzene rings is 1. The van der Waals surface area contributed by atoms with Crippen LogP contribution in [0.15, 0.2) is 48.0 Å². The Bertz CT molecular complexity index is 738. The molecule has 0 saturated carbocycles. The summed E-state index contributed by atoms with van der Waals surface area (Å²) in [6.45, 7) is 6.95. The highest BCUT2D eigenvalue weighted by atomic mass is 127. The molecule has 1 aliphatic heterocycles. The Morgan fingerprint density at radius 1 is 1.39 bits per heavy atom. The lowest BCUT2D eigenvalue weighted by molar-refractivity contribution is 0.184. The summed E-state index contributed by atoms with van der Waals surface area (Å²) in [7, 11) is 1.83. The molecule has 154 valence electrons. The summed E-state index contributed by atoms with van der Waals surface area (Å²) in [4.78, 5) is 11.0. The first kappa shape index (κ1) is 22.8. The summed E-state index contributed by atoms with van der Waals surface area (Å²) in [5.74, 6) is 2.34. The largest absolute Gasteiger partial charge is 0.489 e. The normalized spacial score (nSPS) is 21.0. The van der Waals surface area contributed by atoms with Crippen LogP contribution in [0.5, 0.6) is 5.75 Å². The summed E-state index contributed by atoms with van der Waals surface area (Å²) in [5.41, 5.74) is 0. The van der Waals surface area contributed by atoms with Crippen LogP contribution in [0, 0.1) is 5.92 Å². The highest BCUT2D eigenvalue weighted by Crippen LogP contribution is 2.27. The van der Waals surface area contributed by atoms with Gasteiger partial charge in [0.05, 0.1) is 18.9 Å². The van der Waals surface area contributed by atoms with E-state index in [1.807, 2.05) is 57.0 Å². The Morgan fingerprint density at radius 2 is 2.14 bits per heavy atom. The number of halogens is 2. The van der Waals surface area contributed by atoms with Crippen LogP contribution >= 0.6 is 35.6 Å². The van der Waals surface area contributed by atoms with E-state index < -0.39 is 0 Å². The molecule has 1 aromatic carbocycles. The van der Waals surface area contributed by atoms with Gasteiger partial charge in [-0.15, -0.1) is 24.0 Å². The number of nitrogens with one attached hydrogen (secondary N) is 1. The molecule has 2 aromatic rings. The Morgan fingerprint density at radius 3 is 2.79 bits per heavy atom. The molecule has 6 nitrogen and oxygen atoms in total. The van der Waals surface area contributed by atoms with Gasteiger partial charge in [-0.1, -0.05) is 18.5 Å². The van der Waals surface area contributed by atoms with E-state index in [1.165, 1.54) is 0 Å². The van der Waals surface area contributed by atoms with Crippen molar-refractivity contribution >= 4 is 41.5 Å². The summed E-state index contributed by atoms with van der Waals surface area (Å²) in [6, 6.07) is 7.84. The van der Waals surface area contributed by atoms with Crippen molar-refractivity contribution < 1.29 is 4.74 Å². The number of rotatable bonds is 5. The van der Waals surface area contributed by atoms with E-state index in [1.54, 1.807) is 0 Å². The molecule has 0 radical (unpaired) electrons. The second kappa shape index (κ2) is 10.9. The summed E-state index contributed by atoms with van der Waals surface area (Å²) >= 11 is 5.92. The number of likely N-dealkylation sites (tertiary alicyclic amines) is 1. The van der Waals surface area contributed by atoms with Crippen molar-refractivity contribution in [3.05, 3.63) is 48.0 Å². The lowest BCUT2D eigenvalue weighted by Gasteiger charge is -2.39. The summed E-state index contributed by atoms with van der Waals surface area (Å²) < 4.78 is 8.15. The molecular formula is C20H29ClIN5O. The molecular weight excluding hydrogens is 489 g/mol.